The van der Waals surface area contributed by atoms with Crippen LogP contribution in [0.3, 0.4) is 0 Å². The molecule has 2 aromatic rings. The van der Waals surface area contributed by atoms with E-state index in [0.717, 1.165) is 36.3 Å². The van der Waals surface area contributed by atoms with Crippen LogP contribution in [0.25, 0.3) is 10.9 Å². The predicted octanol–water partition coefficient (Wildman–Crippen LogP) is 4.53. The Labute approximate surface area is 157 Å². The van der Waals surface area contributed by atoms with Crippen molar-refractivity contribution < 1.29 is 0 Å². The minimum atomic E-state index is 0.659. The van der Waals surface area contributed by atoms with Crippen LogP contribution in [-0.2, 0) is 0 Å². The van der Waals surface area contributed by atoms with Gasteiger partial charge in [-0.2, -0.15) is 0 Å². The van der Waals surface area contributed by atoms with E-state index in [4.69, 9.17) is 9.97 Å². The van der Waals surface area contributed by atoms with Crippen LogP contribution in [0, 0.1) is 13.8 Å². The topological polar surface area (TPSA) is 41.1 Å². The summed E-state index contributed by atoms with van der Waals surface area (Å²) in [7, 11) is 0. The number of aromatic nitrogens is 2. The van der Waals surface area contributed by atoms with E-state index in [1.54, 1.807) is 0 Å². The van der Waals surface area contributed by atoms with E-state index in [9.17, 15) is 0 Å². The van der Waals surface area contributed by atoms with Crippen LogP contribution in [0.1, 0.15) is 62.6 Å². The molecule has 0 bridgehead atoms. The van der Waals surface area contributed by atoms with Crippen LogP contribution in [0.5, 0.6) is 0 Å². The number of hydrogen-bond acceptors (Lipinski definition) is 4. The van der Waals surface area contributed by atoms with Crippen LogP contribution in [-0.4, -0.2) is 35.1 Å². The lowest BCUT2D eigenvalue weighted by Crippen LogP contribution is -2.40. The summed E-state index contributed by atoms with van der Waals surface area (Å²) in [5.41, 5.74) is 3.42. The van der Waals surface area contributed by atoms with E-state index in [1.807, 2.05) is 0 Å². The van der Waals surface area contributed by atoms with Crippen molar-refractivity contribution >= 4 is 16.9 Å². The number of aryl methyl sites for hydroxylation is 2. The normalized spacial score (nSPS) is 22.5. The quantitative estimate of drug-likeness (QED) is 0.881. The third-order valence-electron chi connectivity index (χ3n) is 6.12. The minimum absolute atomic E-state index is 0.659. The fourth-order valence-corrected chi connectivity index (χ4v) is 4.59. The van der Waals surface area contributed by atoms with E-state index in [-0.39, 0.29) is 0 Å². The van der Waals surface area contributed by atoms with Gasteiger partial charge in [-0.25, -0.2) is 9.97 Å². The number of hydrogen-bond donors (Lipinski definition) is 1. The highest BCUT2D eigenvalue weighted by atomic mass is 15.3. The van der Waals surface area contributed by atoms with E-state index >= 15 is 0 Å². The van der Waals surface area contributed by atoms with Gasteiger partial charge < -0.3 is 10.2 Å². The molecule has 1 saturated carbocycles. The predicted molar refractivity (Wildman–Crippen MR) is 109 cm³/mol. The second-order valence-corrected chi connectivity index (χ2v) is 8.25. The van der Waals surface area contributed by atoms with E-state index in [0.29, 0.717) is 6.04 Å². The lowest BCUT2D eigenvalue weighted by molar-refractivity contribution is 0.323. The van der Waals surface area contributed by atoms with Crippen molar-refractivity contribution in [2.45, 2.75) is 77.3 Å². The highest BCUT2D eigenvalue weighted by Gasteiger charge is 2.22. The van der Waals surface area contributed by atoms with Gasteiger partial charge in [-0.3, -0.25) is 0 Å². The van der Waals surface area contributed by atoms with E-state index in [1.165, 1.54) is 62.3 Å². The first kappa shape index (κ1) is 17.7. The maximum atomic E-state index is 4.90. The molecule has 4 nitrogen and oxygen atoms in total. The summed E-state index contributed by atoms with van der Waals surface area (Å²) >= 11 is 0. The molecule has 0 amide bonds. The van der Waals surface area contributed by atoms with Crippen molar-refractivity contribution in [2.24, 2.45) is 0 Å². The number of anilines is 1. The monoisotopic (exact) mass is 352 g/mol. The maximum Gasteiger partial charge on any atom is 0.226 e. The number of rotatable bonds is 3. The summed E-state index contributed by atoms with van der Waals surface area (Å²) in [5, 5.41) is 5.12. The molecule has 0 unspecified atom stereocenters. The summed E-state index contributed by atoms with van der Waals surface area (Å²) in [4.78, 5) is 12.1. The van der Waals surface area contributed by atoms with Crippen LogP contribution in [0.15, 0.2) is 18.2 Å². The Bertz CT molecular complexity index is 751. The smallest absolute Gasteiger partial charge is 0.226 e. The van der Waals surface area contributed by atoms with Gasteiger partial charge in [0.15, 0.2) is 0 Å². The zero-order valence-electron chi connectivity index (χ0n) is 16.3. The molecule has 140 valence electrons. The lowest BCUT2D eigenvalue weighted by atomic mass is 9.94. The zero-order chi connectivity index (χ0) is 17.9. The molecule has 1 saturated heterocycles. The first-order valence-electron chi connectivity index (χ1n) is 10.4. The molecule has 2 aliphatic rings. The van der Waals surface area contributed by atoms with Gasteiger partial charge in [0.05, 0.1) is 11.2 Å². The van der Waals surface area contributed by atoms with Crippen LogP contribution < -0.4 is 10.2 Å². The molecule has 26 heavy (non-hydrogen) atoms. The second-order valence-electron chi connectivity index (χ2n) is 8.25. The van der Waals surface area contributed by atoms with Gasteiger partial charge >= 0.3 is 0 Å². The van der Waals surface area contributed by atoms with Crippen molar-refractivity contribution in [1.82, 2.24) is 15.3 Å². The van der Waals surface area contributed by atoms with Crippen molar-refractivity contribution in [3.8, 4) is 0 Å². The van der Waals surface area contributed by atoms with Crippen molar-refractivity contribution in [3.63, 3.8) is 0 Å². The molecule has 4 heteroatoms. The number of nitrogens with zero attached hydrogens (tertiary/aromatic N) is 3. The highest BCUT2D eigenvalue weighted by molar-refractivity contribution is 5.82. The summed E-state index contributed by atoms with van der Waals surface area (Å²) in [6.45, 7) is 6.36. The Hall–Kier alpha value is -1.68. The minimum Gasteiger partial charge on any atom is -0.341 e. The first-order chi connectivity index (χ1) is 12.7. The summed E-state index contributed by atoms with van der Waals surface area (Å²) < 4.78 is 0. The van der Waals surface area contributed by atoms with Crippen molar-refractivity contribution in [1.29, 1.82) is 0 Å². The van der Waals surface area contributed by atoms with Gasteiger partial charge in [-0.15, -0.1) is 0 Å². The third-order valence-corrected chi connectivity index (χ3v) is 6.12. The molecule has 2 heterocycles. The molecule has 4 rings (SSSR count). The van der Waals surface area contributed by atoms with Gasteiger partial charge in [-0.1, -0.05) is 31.4 Å². The van der Waals surface area contributed by atoms with Gasteiger partial charge in [0.2, 0.25) is 5.95 Å². The Morgan fingerprint density at radius 3 is 2.50 bits per heavy atom. The Kier molecular flexibility index (Phi) is 5.39. The first-order valence-corrected chi connectivity index (χ1v) is 10.4. The average molecular weight is 353 g/mol. The summed E-state index contributed by atoms with van der Waals surface area (Å²) in [6, 6.07) is 7.88. The summed E-state index contributed by atoms with van der Waals surface area (Å²) in [5.74, 6) is 0.916. The highest BCUT2D eigenvalue weighted by Crippen LogP contribution is 2.24. The zero-order valence-corrected chi connectivity index (χ0v) is 16.3. The van der Waals surface area contributed by atoms with Gasteiger partial charge in [0.25, 0.3) is 0 Å². The molecule has 1 aliphatic carbocycles. The number of fused-ring (bicyclic) bond motifs is 1. The Morgan fingerprint density at radius 2 is 1.65 bits per heavy atom. The SMILES string of the molecule is Cc1ccc2c(C)nc(N3CCC[C@@H](NC4CCCCC4)CC3)nc2c1. The molecule has 1 N–H and O–H groups in total. The molecule has 1 atom stereocenters. The van der Waals surface area contributed by atoms with E-state index < -0.39 is 0 Å². The van der Waals surface area contributed by atoms with Crippen LogP contribution in [0.4, 0.5) is 5.95 Å². The van der Waals surface area contributed by atoms with Crippen LogP contribution in [0.2, 0.25) is 0 Å². The molecular weight excluding hydrogens is 320 g/mol. The maximum absolute atomic E-state index is 4.90. The van der Waals surface area contributed by atoms with Gasteiger partial charge in [0.1, 0.15) is 0 Å². The molecule has 1 aliphatic heterocycles. The second kappa shape index (κ2) is 7.91. The average Bonchev–Trinajstić information content (AvgIpc) is 2.88. The fraction of sp³-hybridized carbons (Fsp3) is 0.636. The molecule has 0 radical (unpaired) electrons. The summed E-state index contributed by atoms with van der Waals surface area (Å²) in [6.07, 6.45) is 10.7. The van der Waals surface area contributed by atoms with Crippen molar-refractivity contribution in [2.75, 3.05) is 18.0 Å². The number of nitrogens with one attached hydrogen (secondary N) is 1. The Morgan fingerprint density at radius 1 is 0.885 bits per heavy atom. The van der Waals surface area contributed by atoms with Crippen molar-refractivity contribution in [3.05, 3.63) is 29.5 Å². The van der Waals surface area contributed by atoms with Crippen LogP contribution >= 0.6 is 0 Å². The molecule has 1 aromatic carbocycles. The molecule has 1 aromatic heterocycles. The molecular formula is C22H32N4. The van der Waals surface area contributed by atoms with Gasteiger partial charge in [-0.05, 0) is 57.6 Å². The molecule has 2 fully saturated rings. The lowest BCUT2D eigenvalue weighted by Gasteiger charge is -2.28. The largest absolute Gasteiger partial charge is 0.341 e. The number of benzene rings is 1. The fourth-order valence-electron chi connectivity index (χ4n) is 4.59. The standard InChI is InChI=1S/C22H32N4/c1-16-10-11-20-17(2)23-22(25-21(20)15-16)26-13-6-9-19(12-14-26)24-18-7-4-3-5-8-18/h10-11,15,18-19,24H,3-9,12-14H2,1-2H3/t19-/m1/s1. The Balaban J connectivity index is 1.46. The van der Waals surface area contributed by atoms with Gasteiger partial charge in [0, 0.05) is 30.6 Å². The third kappa shape index (κ3) is 4.01. The van der Waals surface area contributed by atoms with E-state index in [2.05, 4.69) is 42.3 Å². The molecule has 0 spiro atoms.